The third kappa shape index (κ3) is 1.88. The van der Waals surface area contributed by atoms with E-state index >= 15 is 0 Å². The number of carbonyl (C=O) groups excluding carboxylic acids is 1. The summed E-state index contributed by atoms with van der Waals surface area (Å²) < 4.78 is 0. The van der Waals surface area contributed by atoms with Gasteiger partial charge in [-0.3, -0.25) is 4.79 Å². The largest absolute Gasteiger partial charge is 0.338 e. The van der Waals surface area contributed by atoms with E-state index in [4.69, 9.17) is 0 Å². The van der Waals surface area contributed by atoms with Crippen LogP contribution in [0.4, 0.5) is 0 Å². The maximum Gasteiger partial charge on any atom is 0.224 e. The summed E-state index contributed by atoms with van der Waals surface area (Å²) in [6.07, 6.45) is 10.4. The van der Waals surface area contributed by atoms with Gasteiger partial charge < -0.3 is 5.32 Å². The van der Waals surface area contributed by atoms with E-state index < -0.39 is 5.54 Å². The molecule has 0 unspecified atom stereocenters. The molecule has 0 aliphatic heterocycles. The maximum atomic E-state index is 12.8. The van der Waals surface area contributed by atoms with E-state index in [0.717, 1.165) is 37.5 Å². The monoisotopic (exact) mass is 272 g/mol. The zero-order chi connectivity index (χ0) is 13.7. The Kier molecular flexibility index (Phi) is 2.84. The zero-order valence-corrected chi connectivity index (χ0v) is 12.1. The normalized spacial score (nSPS) is 44.2. The predicted octanol–water partition coefficient (Wildman–Crippen LogP) is 3.01. The molecule has 0 heterocycles. The number of nitriles is 1. The quantitative estimate of drug-likeness (QED) is 0.840. The lowest BCUT2D eigenvalue weighted by Crippen LogP contribution is -2.55. The summed E-state index contributed by atoms with van der Waals surface area (Å²) in [5, 5.41) is 12.6. The Morgan fingerprint density at radius 1 is 1.00 bits per heavy atom. The number of hydrogen-bond acceptors (Lipinski definition) is 2. The minimum Gasteiger partial charge on any atom is -0.338 e. The van der Waals surface area contributed by atoms with Crippen LogP contribution in [-0.4, -0.2) is 11.4 Å². The molecule has 108 valence electrons. The Balaban J connectivity index is 1.50. The molecular weight excluding hydrogens is 248 g/mol. The highest BCUT2D eigenvalue weighted by molar-refractivity contribution is 5.81. The van der Waals surface area contributed by atoms with E-state index in [2.05, 4.69) is 11.4 Å². The van der Waals surface area contributed by atoms with Crippen molar-refractivity contribution in [1.82, 2.24) is 5.32 Å². The number of nitrogens with one attached hydrogen (secondary N) is 1. The van der Waals surface area contributed by atoms with Gasteiger partial charge in [-0.15, -0.1) is 0 Å². The number of nitrogens with zero attached hydrogens (tertiary/aromatic N) is 1. The molecule has 1 amide bonds. The second kappa shape index (κ2) is 4.48. The summed E-state index contributed by atoms with van der Waals surface area (Å²) in [6.45, 7) is 0. The van der Waals surface area contributed by atoms with Gasteiger partial charge >= 0.3 is 0 Å². The summed E-state index contributed by atoms with van der Waals surface area (Å²) in [7, 11) is 0. The van der Waals surface area contributed by atoms with Gasteiger partial charge in [0.05, 0.1) is 6.07 Å². The van der Waals surface area contributed by atoms with Gasteiger partial charge in [0.2, 0.25) is 5.91 Å². The predicted molar refractivity (Wildman–Crippen MR) is 75.5 cm³/mol. The van der Waals surface area contributed by atoms with Crippen LogP contribution in [0, 0.1) is 40.9 Å². The molecule has 4 bridgehead atoms. The van der Waals surface area contributed by atoms with Crippen LogP contribution >= 0.6 is 0 Å². The molecule has 20 heavy (non-hydrogen) atoms. The SMILES string of the molecule is N#CC1(NC(=O)C2C3CC4CC(C3)CC2C4)CCCC1. The Bertz CT molecular complexity index is 430. The minimum absolute atomic E-state index is 0.210. The van der Waals surface area contributed by atoms with Crippen molar-refractivity contribution in [2.45, 2.75) is 63.3 Å². The third-order valence-electron chi connectivity index (χ3n) is 6.56. The summed E-state index contributed by atoms with van der Waals surface area (Å²) in [4.78, 5) is 12.8. The fourth-order valence-corrected chi connectivity index (χ4v) is 5.92. The molecule has 0 saturated heterocycles. The smallest absolute Gasteiger partial charge is 0.224 e. The van der Waals surface area contributed by atoms with Gasteiger partial charge in [0.15, 0.2) is 0 Å². The van der Waals surface area contributed by atoms with Crippen molar-refractivity contribution >= 4 is 5.91 Å². The maximum absolute atomic E-state index is 12.8. The van der Waals surface area contributed by atoms with E-state index in [0.29, 0.717) is 11.8 Å². The lowest BCUT2D eigenvalue weighted by atomic mass is 9.51. The van der Waals surface area contributed by atoms with Gasteiger partial charge in [-0.1, -0.05) is 0 Å². The molecular formula is C17H24N2O. The second-order valence-electron chi connectivity index (χ2n) is 7.85. The standard InChI is InChI=1S/C17H24N2O/c18-10-17(3-1-2-4-17)19-16(20)15-13-6-11-5-12(8-13)9-14(15)7-11/h11-15H,1-9H2,(H,19,20). The van der Waals surface area contributed by atoms with Crippen LogP contribution < -0.4 is 5.32 Å². The Morgan fingerprint density at radius 2 is 1.55 bits per heavy atom. The Morgan fingerprint density at radius 3 is 2.05 bits per heavy atom. The summed E-state index contributed by atoms with van der Waals surface area (Å²) in [6, 6.07) is 2.40. The molecule has 0 aromatic rings. The molecule has 5 fully saturated rings. The van der Waals surface area contributed by atoms with Crippen molar-refractivity contribution in [3.8, 4) is 6.07 Å². The van der Waals surface area contributed by atoms with Gasteiger partial charge in [0, 0.05) is 5.92 Å². The van der Waals surface area contributed by atoms with Crippen LogP contribution in [0.1, 0.15) is 57.8 Å². The van der Waals surface area contributed by atoms with Gasteiger partial charge in [-0.25, -0.2) is 0 Å². The zero-order valence-electron chi connectivity index (χ0n) is 12.1. The average Bonchev–Trinajstić information content (AvgIpc) is 2.86. The molecule has 0 spiro atoms. The van der Waals surface area contributed by atoms with Crippen molar-refractivity contribution in [3.05, 3.63) is 0 Å². The van der Waals surface area contributed by atoms with Crippen molar-refractivity contribution in [1.29, 1.82) is 5.26 Å². The minimum atomic E-state index is -0.536. The number of hydrogen-bond donors (Lipinski definition) is 1. The Labute approximate surface area is 121 Å². The van der Waals surface area contributed by atoms with E-state index in [1.165, 1.54) is 32.1 Å². The van der Waals surface area contributed by atoms with Gasteiger partial charge in [0.1, 0.15) is 5.54 Å². The number of carbonyl (C=O) groups is 1. The van der Waals surface area contributed by atoms with Gasteiger partial charge in [-0.2, -0.15) is 5.26 Å². The molecule has 0 radical (unpaired) electrons. The molecule has 5 aliphatic rings. The summed E-state index contributed by atoms with van der Waals surface area (Å²) >= 11 is 0. The van der Waals surface area contributed by atoms with Gasteiger partial charge in [0.25, 0.3) is 0 Å². The summed E-state index contributed by atoms with van der Waals surface area (Å²) in [5.74, 6) is 3.46. The van der Waals surface area contributed by atoms with E-state index in [1.54, 1.807) is 0 Å². The molecule has 0 aromatic carbocycles. The highest BCUT2D eigenvalue weighted by Crippen LogP contribution is 2.56. The molecule has 0 atom stereocenters. The number of amides is 1. The van der Waals surface area contributed by atoms with Crippen LogP contribution in [0.2, 0.25) is 0 Å². The average molecular weight is 272 g/mol. The first-order valence-electron chi connectivity index (χ1n) is 8.42. The molecule has 3 heteroatoms. The van der Waals surface area contributed by atoms with Crippen molar-refractivity contribution in [2.24, 2.45) is 29.6 Å². The first kappa shape index (κ1) is 12.7. The van der Waals surface area contributed by atoms with Crippen molar-refractivity contribution in [2.75, 3.05) is 0 Å². The first-order chi connectivity index (χ1) is 9.69. The van der Waals surface area contributed by atoms with Crippen molar-refractivity contribution in [3.63, 3.8) is 0 Å². The van der Waals surface area contributed by atoms with E-state index in [1.807, 2.05) is 0 Å². The van der Waals surface area contributed by atoms with E-state index in [9.17, 15) is 10.1 Å². The molecule has 3 nitrogen and oxygen atoms in total. The number of rotatable bonds is 2. The fourth-order valence-electron chi connectivity index (χ4n) is 5.92. The topological polar surface area (TPSA) is 52.9 Å². The lowest BCUT2D eigenvalue weighted by Gasteiger charge is -2.54. The van der Waals surface area contributed by atoms with E-state index in [-0.39, 0.29) is 11.8 Å². The highest BCUT2D eigenvalue weighted by atomic mass is 16.2. The lowest BCUT2D eigenvalue weighted by molar-refractivity contribution is -0.139. The van der Waals surface area contributed by atoms with Crippen LogP contribution in [0.25, 0.3) is 0 Å². The fraction of sp³-hybridized carbons (Fsp3) is 0.882. The van der Waals surface area contributed by atoms with Crippen LogP contribution in [0.3, 0.4) is 0 Å². The van der Waals surface area contributed by atoms with Crippen molar-refractivity contribution < 1.29 is 4.79 Å². The third-order valence-corrected chi connectivity index (χ3v) is 6.56. The molecule has 1 N–H and O–H groups in total. The molecule has 5 aliphatic carbocycles. The van der Waals surface area contributed by atoms with Gasteiger partial charge in [-0.05, 0) is 81.5 Å². The summed E-state index contributed by atoms with van der Waals surface area (Å²) in [5.41, 5.74) is -0.536. The first-order valence-corrected chi connectivity index (χ1v) is 8.42. The molecule has 5 saturated carbocycles. The Hall–Kier alpha value is -1.04. The second-order valence-corrected chi connectivity index (χ2v) is 7.85. The van der Waals surface area contributed by atoms with Crippen LogP contribution in [0.5, 0.6) is 0 Å². The highest BCUT2D eigenvalue weighted by Gasteiger charge is 2.51. The molecule has 0 aromatic heterocycles. The van der Waals surface area contributed by atoms with Crippen LogP contribution in [-0.2, 0) is 4.79 Å². The van der Waals surface area contributed by atoms with Crippen LogP contribution in [0.15, 0.2) is 0 Å². The molecule has 5 rings (SSSR count).